The Balaban J connectivity index is 2.59. The van der Waals surface area contributed by atoms with E-state index in [2.05, 4.69) is 76.3 Å². The van der Waals surface area contributed by atoms with Crippen molar-refractivity contribution in [3.8, 4) is 0 Å². The van der Waals surface area contributed by atoms with E-state index in [0.29, 0.717) is 0 Å². The molecule has 1 unspecified atom stereocenters. The van der Waals surface area contributed by atoms with Crippen molar-refractivity contribution in [3.63, 3.8) is 0 Å². The van der Waals surface area contributed by atoms with E-state index in [1.807, 2.05) is 0 Å². The predicted octanol–water partition coefficient (Wildman–Crippen LogP) is 4.62. The predicted molar refractivity (Wildman–Crippen MR) is 87.4 cm³/mol. The summed E-state index contributed by atoms with van der Waals surface area (Å²) in [4.78, 5) is 0. The Labute approximate surface area is 123 Å². The summed E-state index contributed by atoms with van der Waals surface area (Å²) in [5.74, 6) is 0. The van der Waals surface area contributed by atoms with Gasteiger partial charge < -0.3 is 5.32 Å². The van der Waals surface area contributed by atoms with Gasteiger partial charge in [0.2, 0.25) is 0 Å². The van der Waals surface area contributed by atoms with Crippen LogP contribution in [-0.2, 0) is 0 Å². The van der Waals surface area contributed by atoms with E-state index < -0.39 is 0 Å². The minimum Gasteiger partial charge on any atom is -0.307 e. The first-order chi connectivity index (χ1) is 9.54. The molecule has 0 saturated carbocycles. The van der Waals surface area contributed by atoms with Gasteiger partial charge in [-0.2, -0.15) is 0 Å². The number of benzene rings is 2. The third-order valence-corrected chi connectivity index (χ3v) is 3.98. The summed E-state index contributed by atoms with van der Waals surface area (Å²) in [6, 6.07) is 13.6. The first-order valence-corrected chi connectivity index (χ1v) is 7.41. The molecule has 1 atom stereocenters. The molecule has 1 nitrogen and oxygen atoms in total. The molecule has 106 valence electrons. The lowest BCUT2D eigenvalue weighted by Gasteiger charge is -2.25. The minimum atomic E-state index is 0.279. The van der Waals surface area contributed by atoms with Crippen LogP contribution in [0.25, 0.3) is 0 Å². The topological polar surface area (TPSA) is 12.0 Å². The lowest BCUT2D eigenvalue weighted by atomic mass is 9.88. The van der Waals surface area contributed by atoms with Gasteiger partial charge in [0.25, 0.3) is 0 Å². The van der Waals surface area contributed by atoms with Crippen molar-refractivity contribution in [3.05, 3.63) is 69.8 Å². The van der Waals surface area contributed by atoms with E-state index in [-0.39, 0.29) is 6.04 Å². The monoisotopic (exact) mass is 267 g/mol. The van der Waals surface area contributed by atoms with Crippen molar-refractivity contribution in [2.75, 3.05) is 6.54 Å². The molecule has 0 spiro atoms. The molecule has 0 aliphatic heterocycles. The van der Waals surface area contributed by atoms with Crippen LogP contribution in [0.4, 0.5) is 0 Å². The Kier molecular flexibility index (Phi) is 4.61. The van der Waals surface area contributed by atoms with E-state index in [1.54, 1.807) is 0 Å². The van der Waals surface area contributed by atoms with Crippen molar-refractivity contribution in [1.29, 1.82) is 0 Å². The van der Waals surface area contributed by atoms with E-state index in [0.717, 1.165) is 6.54 Å². The summed E-state index contributed by atoms with van der Waals surface area (Å²) in [6.07, 6.45) is 0. The highest BCUT2D eigenvalue weighted by atomic mass is 14.9. The fourth-order valence-corrected chi connectivity index (χ4v) is 2.93. The Hall–Kier alpha value is -1.60. The molecule has 1 N–H and O–H groups in total. The molecule has 0 aromatic heterocycles. The largest absolute Gasteiger partial charge is 0.307 e. The highest BCUT2D eigenvalue weighted by molar-refractivity contribution is 5.45. The molecule has 0 heterocycles. The zero-order valence-corrected chi connectivity index (χ0v) is 13.2. The SMILES string of the molecule is CCNC(c1cc(C)ccc1C)c1c(C)cccc1C. The molecule has 1 heteroatoms. The van der Waals surface area contributed by atoms with Crippen molar-refractivity contribution < 1.29 is 0 Å². The maximum Gasteiger partial charge on any atom is 0.0584 e. The number of rotatable bonds is 4. The summed E-state index contributed by atoms with van der Waals surface area (Å²) in [5, 5.41) is 3.66. The lowest BCUT2D eigenvalue weighted by Crippen LogP contribution is -2.24. The molecular weight excluding hydrogens is 242 g/mol. The van der Waals surface area contributed by atoms with Gasteiger partial charge in [-0.25, -0.2) is 0 Å². The Morgan fingerprint density at radius 1 is 0.900 bits per heavy atom. The molecule has 2 aromatic carbocycles. The van der Waals surface area contributed by atoms with Gasteiger partial charge in [0.1, 0.15) is 0 Å². The Morgan fingerprint density at radius 2 is 1.55 bits per heavy atom. The molecule has 0 amide bonds. The Bertz CT molecular complexity index is 578. The fourth-order valence-electron chi connectivity index (χ4n) is 2.93. The maximum absolute atomic E-state index is 3.66. The smallest absolute Gasteiger partial charge is 0.0584 e. The highest BCUT2D eigenvalue weighted by Crippen LogP contribution is 2.30. The van der Waals surface area contributed by atoms with Crippen molar-refractivity contribution in [2.24, 2.45) is 0 Å². The van der Waals surface area contributed by atoms with Crippen LogP contribution in [0, 0.1) is 27.7 Å². The van der Waals surface area contributed by atoms with E-state index in [4.69, 9.17) is 0 Å². The molecule has 20 heavy (non-hydrogen) atoms. The van der Waals surface area contributed by atoms with Gasteiger partial charge in [-0.3, -0.25) is 0 Å². The van der Waals surface area contributed by atoms with Gasteiger partial charge in [-0.1, -0.05) is 48.9 Å². The van der Waals surface area contributed by atoms with E-state index in [9.17, 15) is 0 Å². The second-order valence-electron chi connectivity index (χ2n) is 5.66. The number of hydrogen-bond donors (Lipinski definition) is 1. The van der Waals surface area contributed by atoms with Gasteiger partial charge >= 0.3 is 0 Å². The Morgan fingerprint density at radius 3 is 2.15 bits per heavy atom. The standard InChI is InChI=1S/C19H25N/c1-6-20-19(17-12-13(2)10-11-14(17)3)18-15(4)8-7-9-16(18)5/h7-12,19-20H,6H2,1-5H3. The molecule has 0 fully saturated rings. The number of hydrogen-bond acceptors (Lipinski definition) is 1. The average molecular weight is 267 g/mol. The van der Waals surface area contributed by atoms with Crippen LogP contribution in [0.15, 0.2) is 36.4 Å². The molecule has 0 bridgehead atoms. The number of nitrogens with one attached hydrogen (secondary N) is 1. The lowest BCUT2D eigenvalue weighted by molar-refractivity contribution is 0.621. The van der Waals surface area contributed by atoms with Crippen LogP contribution >= 0.6 is 0 Å². The molecule has 2 aromatic rings. The second kappa shape index (κ2) is 6.23. The van der Waals surface area contributed by atoms with Crippen LogP contribution in [0.1, 0.15) is 46.3 Å². The van der Waals surface area contributed by atoms with Crippen LogP contribution in [0.2, 0.25) is 0 Å². The van der Waals surface area contributed by atoms with E-state index in [1.165, 1.54) is 33.4 Å². The fraction of sp³-hybridized carbons (Fsp3) is 0.368. The van der Waals surface area contributed by atoms with Gasteiger partial charge in [0.05, 0.1) is 6.04 Å². The third-order valence-electron chi connectivity index (χ3n) is 3.98. The molecule has 2 rings (SSSR count). The van der Waals surface area contributed by atoms with Crippen LogP contribution in [-0.4, -0.2) is 6.54 Å². The zero-order valence-electron chi connectivity index (χ0n) is 13.2. The van der Waals surface area contributed by atoms with Crippen LogP contribution in [0.5, 0.6) is 0 Å². The molecule has 0 aliphatic rings. The first-order valence-electron chi connectivity index (χ1n) is 7.41. The summed E-state index contributed by atoms with van der Waals surface area (Å²) in [5.41, 5.74) is 8.20. The maximum atomic E-state index is 3.66. The molecular formula is C19H25N. The zero-order chi connectivity index (χ0) is 14.7. The summed E-state index contributed by atoms with van der Waals surface area (Å²) in [6.45, 7) is 11.9. The van der Waals surface area contributed by atoms with Gasteiger partial charge in [0.15, 0.2) is 0 Å². The summed E-state index contributed by atoms with van der Waals surface area (Å²) in [7, 11) is 0. The molecule has 0 aliphatic carbocycles. The van der Waals surface area contributed by atoms with Crippen LogP contribution < -0.4 is 5.32 Å². The average Bonchev–Trinajstić information content (AvgIpc) is 2.40. The van der Waals surface area contributed by atoms with E-state index >= 15 is 0 Å². The quantitative estimate of drug-likeness (QED) is 0.852. The number of aryl methyl sites for hydroxylation is 4. The first kappa shape index (κ1) is 14.8. The molecule has 0 saturated heterocycles. The summed E-state index contributed by atoms with van der Waals surface area (Å²) >= 11 is 0. The molecule has 0 radical (unpaired) electrons. The normalized spacial score (nSPS) is 12.4. The van der Waals surface area contributed by atoms with Crippen molar-refractivity contribution >= 4 is 0 Å². The van der Waals surface area contributed by atoms with Crippen molar-refractivity contribution in [2.45, 2.75) is 40.7 Å². The van der Waals surface area contributed by atoms with Crippen molar-refractivity contribution in [1.82, 2.24) is 5.32 Å². The van der Waals surface area contributed by atoms with Gasteiger partial charge in [0, 0.05) is 0 Å². The second-order valence-corrected chi connectivity index (χ2v) is 5.66. The summed E-state index contributed by atoms with van der Waals surface area (Å²) < 4.78 is 0. The van der Waals surface area contributed by atoms with Gasteiger partial charge in [-0.05, 0) is 62.1 Å². The van der Waals surface area contributed by atoms with Gasteiger partial charge in [-0.15, -0.1) is 0 Å². The highest BCUT2D eigenvalue weighted by Gasteiger charge is 2.18. The third kappa shape index (κ3) is 2.94. The minimum absolute atomic E-state index is 0.279. The van der Waals surface area contributed by atoms with Crippen LogP contribution in [0.3, 0.4) is 0 Å².